The molecule has 0 aromatic carbocycles. The maximum absolute atomic E-state index is 12.7. The van der Waals surface area contributed by atoms with E-state index in [-0.39, 0.29) is 24.5 Å². The summed E-state index contributed by atoms with van der Waals surface area (Å²) < 4.78 is 26.3. The van der Waals surface area contributed by atoms with Crippen molar-refractivity contribution in [3.8, 4) is 0 Å². The van der Waals surface area contributed by atoms with E-state index in [1.54, 1.807) is 0 Å². The van der Waals surface area contributed by atoms with Gasteiger partial charge in [0.15, 0.2) is 6.29 Å². The van der Waals surface area contributed by atoms with Crippen molar-refractivity contribution in [2.45, 2.75) is 239 Å². The molecule has 0 amide bonds. The van der Waals surface area contributed by atoms with E-state index in [4.69, 9.17) is 15.6 Å². The first-order valence-corrected chi connectivity index (χ1v) is 23.9. The summed E-state index contributed by atoms with van der Waals surface area (Å²) in [6.45, 7) is 14.4. The Morgan fingerprint density at radius 3 is 2.20 bits per heavy atom. The number of carbonyl (C=O) groups excluding carboxylic acids is 1. The average Bonchev–Trinajstić information content (AvgIpc) is 3.54. The van der Waals surface area contributed by atoms with Gasteiger partial charge >= 0.3 is 5.97 Å². The SMILES string of the molecule is [2H]C(CCCCCCCCCCCCC)CC(=O)OC[C@H]1OC(O[C@H]2CC[C@@]3(C)C(=CC[C@H]4[C@@H]5CC[C@H]([C@H](C)CCCC(C)C)[C@@]5(C)CC[C@@H]43)C2)[C@H](O)[C@@H](O)[C@H]1O. The minimum Gasteiger partial charge on any atom is -0.463 e. The van der Waals surface area contributed by atoms with Crippen molar-refractivity contribution in [1.29, 1.82) is 0 Å². The van der Waals surface area contributed by atoms with E-state index in [0.717, 1.165) is 68.1 Å². The molecule has 1 saturated heterocycles. The molecule has 0 bridgehead atoms. The van der Waals surface area contributed by atoms with E-state index in [2.05, 4.69) is 47.6 Å². The molecule has 4 aliphatic carbocycles. The standard InChI is InChI=1S/C49H86O7/c1-7-8-9-10-11-12-13-14-15-16-17-18-19-23-43(50)54-33-42-44(51)45(52)46(53)47(56-42)55-37-28-30-48(5)36(32-37)24-25-38-40-27-26-39(35(4)22-20-21-34(2)3)49(40,6)31-29-41(38)48/h24,34-35,37-42,44-47,51-53H,7-23,25-33H2,1-6H3/t35-,37+,38+,39-,40+,41+,42-,44+,45+,46-,47?,48+,49-/m1/s1/i19D/t19?,35-,37+,38+,39-,40+,41+,42-,44+,45+,46-,47?,48+,49-. The number of carbonyl (C=O) groups is 1. The normalized spacial score (nSPS) is 38.2. The van der Waals surface area contributed by atoms with Crippen LogP contribution in [-0.4, -0.2) is 64.7 Å². The maximum atomic E-state index is 12.7. The third kappa shape index (κ3) is 11.6. The summed E-state index contributed by atoms with van der Waals surface area (Å²) in [6.07, 6.45) is 23.1. The molecular formula is C49H86O7. The van der Waals surface area contributed by atoms with Gasteiger partial charge in [-0.1, -0.05) is 150 Å². The smallest absolute Gasteiger partial charge is 0.305 e. The van der Waals surface area contributed by atoms with Crippen LogP contribution in [0.1, 0.15) is 203 Å². The second-order valence-corrected chi connectivity index (χ2v) is 20.3. The molecule has 0 spiro atoms. The Bertz CT molecular complexity index is 1240. The highest BCUT2D eigenvalue weighted by atomic mass is 16.7. The second kappa shape index (κ2) is 22.0. The molecule has 0 aromatic heterocycles. The van der Waals surface area contributed by atoms with Crippen molar-refractivity contribution in [3.63, 3.8) is 0 Å². The molecule has 0 radical (unpaired) electrons. The summed E-state index contributed by atoms with van der Waals surface area (Å²) in [5, 5.41) is 32.5. The molecular weight excluding hydrogens is 701 g/mol. The van der Waals surface area contributed by atoms with Crippen LogP contribution >= 0.6 is 0 Å². The quantitative estimate of drug-likeness (QED) is 0.0538. The fraction of sp³-hybridized carbons (Fsp3) is 0.939. The van der Waals surface area contributed by atoms with Gasteiger partial charge in [0, 0.05) is 7.79 Å². The Balaban J connectivity index is 1.05. The van der Waals surface area contributed by atoms with Gasteiger partial charge in [0.05, 0.1) is 6.10 Å². The molecule has 5 aliphatic rings. The predicted octanol–water partition coefficient (Wildman–Crippen LogP) is 11.2. The van der Waals surface area contributed by atoms with Crippen LogP contribution in [-0.2, 0) is 19.0 Å². The number of hydrogen-bond donors (Lipinski definition) is 3. The molecule has 3 saturated carbocycles. The number of allylic oxidation sites excluding steroid dienone is 1. The topological polar surface area (TPSA) is 105 Å². The number of ether oxygens (including phenoxy) is 3. The predicted molar refractivity (Wildman–Crippen MR) is 226 cm³/mol. The number of aliphatic hydroxyl groups is 3. The van der Waals surface area contributed by atoms with E-state index < -0.39 is 43.1 Å². The van der Waals surface area contributed by atoms with Crippen molar-refractivity contribution < 1.29 is 35.7 Å². The monoisotopic (exact) mass is 788 g/mol. The Hall–Kier alpha value is -0.990. The number of hydrogen-bond acceptors (Lipinski definition) is 7. The van der Waals surface area contributed by atoms with E-state index >= 15 is 0 Å². The zero-order valence-corrected chi connectivity index (χ0v) is 36.7. The molecule has 2 unspecified atom stereocenters. The van der Waals surface area contributed by atoms with Crippen molar-refractivity contribution in [1.82, 2.24) is 0 Å². The first-order chi connectivity index (χ1) is 27.3. The molecule has 5 rings (SSSR count). The highest BCUT2D eigenvalue weighted by Crippen LogP contribution is 2.67. The fourth-order valence-corrected chi connectivity index (χ4v) is 12.5. The van der Waals surface area contributed by atoms with E-state index in [9.17, 15) is 20.1 Å². The Kier molecular flexibility index (Phi) is 17.5. The lowest BCUT2D eigenvalue weighted by atomic mass is 9.47. The van der Waals surface area contributed by atoms with Crippen molar-refractivity contribution in [2.75, 3.05) is 6.61 Å². The number of esters is 1. The van der Waals surface area contributed by atoms with Gasteiger partial charge in [0.1, 0.15) is 31.0 Å². The fourth-order valence-electron chi connectivity index (χ4n) is 12.5. The molecule has 14 atom stereocenters. The van der Waals surface area contributed by atoms with Crippen molar-refractivity contribution >= 4 is 5.97 Å². The van der Waals surface area contributed by atoms with Gasteiger partial charge in [0.25, 0.3) is 0 Å². The van der Waals surface area contributed by atoms with Crippen LogP contribution in [0.4, 0.5) is 0 Å². The highest BCUT2D eigenvalue weighted by molar-refractivity contribution is 5.69. The van der Waals surface area contributed by atoms with E-state index in [1.807, 2.05) is 0 Å². The molecule has 56 heavy (non-hydrogen) atoms. The number of aliphatic hydroxyl groups excluding tert-OH is 3. The van der Waals surface area contributed by atoms with Gasteiger partial charge in [0.2, 0.25) is 0 Å². The minimum atomic E-state index is -1.48. The molecule has 7 heteroatoms. The van der Waals surface area contributed by atoms with Crippen LogP contribution in [0.5, 0.6) is 0 Å². The molecule has 1 aliphatic heterocycles. The van der Waals surface area contributed by atoms with Gasteiger partial charge < -0.3 is 29.5 Å². The van der Waals surface area contributed by atoms with Crippen molar-refractivity contribution in [2.24, 2.45) is 46.3 Å². The zero-order valence-electron chi connectivity index (χ0n) is 37.7. The number of rotatable bonds is 23. The summed E-state index contributed by atoms with van der Waals surface area (Å²) >= 11 is 0. The summed E-state index contributed by atoms with van der Waals surface area (Å²) in [4.78, 5) is 12.7. The lowest BCUT2D eigenvalue weighted by molar-refractivity contribution is -0.313. The largest absolute Gasteiger partial charge is 0.463 e. The van der Waals surface area contributed by atoms with Crippen LogP contribution in [0.15, 0.2) is 11.6 Å². The zero-order chi connectivity index (χ0) is 41.2. The lowest BCUT2D eigenvalue weighted by Gasteiger charge is -2.58. The lowest BCUT2D eigenvalue weighted by Crippen LogP contribution is -2.60. The Morgan fingerprint density at radius 2 is 1.52 bits per heavy atom. The molecule has 1 heterocycles. The van der Waals surface area contributed by atoms with Crippen LogP contribution in [0.3, 0.4) is 0 Å². The van der Waals surface area contributed by atoms with E-state index in [0.29, 0.717) is 17.8 Å². The number of fused-ring (bicyclic) bond motifs is 5. The average molecular weight is 788 g/mol. The first-order valence-electron chi connectivity index (χ1n) is 24.5. The minimum absolute atomic E-state index is 0.0123. The van der Waals surface area contributed by atoms with Gasteiger partial charge in [-0.3, -0.25) is 4.79 Å². The molecule has 324 valence electrons. The summed E-state index contributed by atoms with van der Waals surface area (Å²) in [5.41, 5.74) is 2.10. The van der Waals surface area contributed by atoms with Gasteiger partial charge in [-0.15, -0.1) is 0 Å². The van der Waals surface area contributed by atoms with Gasteiger partial charge in [-0.25, -0.2) is 0 Å². The van der Waals surface area contributed by atoms with Gasteiger partial charge in [-0.2, -0.15) is 0 Å². The summed E-state index contributed by atoms with van der Waals surface area (Å²) in [7, 11) is 0. The van der Waals surface area contributed by atoms with Gasteiger partial charge in [-0.05, 0) is 104 Å². The maximum Gasteiger partial charge on any atom is 0.305 e. The Labute approximate surface area is 344 Å². The second-order valence-electron chi connectivity index (χ2n) is 20.3. The number of unbranched alkanes of at least 4 members (excludes halogenated alkanes) is 10. The Morgan fingerprint density at radius 1 is 0.839 bits per heavy atom. The van der Waals surface area contributed by atoms with Crippen molar-refractivity contribution in [3.05, 3.63) is 11.6 Å². The summed E-state index contributed by atoms with van der Waals surface area (Å²) in [5.74, 6) is 4.19. The molecule has 4 fully saturated rings. The molecule has 0 aromatic rings. The molecule has 7 nitrogen and oxygen atoms in total. The van der Waals surface area contributed by atoms with E-state index in [1.165, 1.54) is 108 Å². The third-order valence-electron chi connectivity index (χ3n) is 16.0. The summed E-state index contributed by atoms with van der Waals surface area (Å²) in [6, 6.07) is 0. The van der Waals surface area contributed by atoms with Crippen LogP contribution in [0.2, 0.25) is 0 Å². The van der Waals surface area contributed by atoms with Crippen LogP contribution in [0.25, 0.3) is 0 Å². The molecule has 3 N–H and O–H groups in total. The third-order valence-corrected chi connectivity index (χ3v) is 16.0. The van der Waals surface area contributed by atoms with Crippen LogP contribution < -0.4 is 0 Å². The van der Waals surface area contributed by atoms with Crippen LogP contribution in [0, 0.1) is 46.3 Å². The highest BCUT2D eigenvalue weighted by Gasteiger charge is 2.59. The first kappa shape index (κ1) is 44.6.